The molecule has 0 saturated carbocycles. The van der Waals surface area contributed by atoms with Gasteiger partial charge in [-0.15, -0.1) is 0 Å². The summed E-state index contributed by atoms with van der Waals surface area (Å²) in [5.74, 6) is -3.56. The zero-order chi connectivity index (χ0) is 55.4. The summed E-state index contributed by atoms with van der Waals surface area (Å²) in [7, 11) is -10.9. The summed E-state index contributed by atoms with van der Waals surface area (Å²) in [6.45, 7) is -0.699. The molecule has 0 unspecified atom stereocenters. The van der Waals surface area contributed by atoms with E-state index in [4.69, 9.17) is 28.4 Å². The van der Waals surface area contributed by atoms with Crippen LogP contribution in [-0.2, 0) is 81.6 Å². The number of ether oxygens (including phenoxy) is 6. The molecule has 0 radical (unpaired) electrons. The van der Waals surface area contributed by atoms with Gasteiger partial charge in [-0.25, -0.2) is 21.6 Å². The molecule has 5 fully saturated rings. The summed E-state index contributed by atoms with van der Waals surface area (Å²) in [6.07, 6.45) is -23.6. The third-order valence-corrected chi connectivity index (χ3v) is 14.8. The largest absolute Gasteiger partial charge is 1.00 e. The van der Waals surface area contributed by atoms with E-state index in [0.717, 1.165) is 32.4 Å². The number of carboxylic acids is 1. The van der Waals surface area contributed by atoms with Crippen LogP contribution in [-0.4, -0.2) is 235 Å². The first-order valence-corrected chi connectivity index (χ1v) is 27.4. The van der Waals surface area contributed by atoms with E-state index < -0.39 is 156 Å². The molecule has 78 heavy (non-hydrogen) atoms. The van der Waals surface area contributed by atoms with Gasteiger partial charge in [0.25, 0.3) is 0 Å². The van der Waals surface area contributed by atoms with Crippen molar-refractivity contribution in [3.8, 4) is 0 Å². The molecule has 430 valence electrons. The number of hydrogen-bond acceptors (Lipinski definition) is 27. The monoisotopic (exact) mass is 1210 g/mol. The number of aliphatic hydroxyl groups excluding tert-OH is 5. The van der Waals surface area contributed by atoms with E-state index in [1.807, 2.05) is 11.8 Å². The Morgan fingerprint density at radius 3 is 1.81 bits per heavy atom. The topological polar surface area (TPSA) is 487 Å². The van der Waals surface area contributed by atoms with Gasteiger partial charge < -0.3 is 105 Å². The number of aliphatic hydroxyl groups is 5. The molecular formula is C40H63N6Na3O26S3. The maximum absolute atomic E-state index is 12.6. The van der Waals surface area contributed by atoms with Gasteiger partial charge in [0, 0.05) is 50.8 Å². The van der Waals surface area contributed by atoms with Crippen LogP contribution in [0, 0.1) is 0 Å². The number of carbonyl (C=O) groups is 6. The maximum Gasteiger partial charge on any atom is 1.00 e. The number of urea groups is 1. The zero-order valence-electron chi connectivity index (χ0n) is 43.3. The van der Waals surface area contributed by atoms with Crippen LogP contribution < -0.4 is 126 Å². The number of fused-ring (bicyclic) bond motifs is 1. The fraction of sp³-hybridized carbons (Fsp3) is 0.850. The second-order valence-corrected chi connectivity index (χ2v) is 21.4. The van der Waals surface area contributed by atoms with Crippen molar-refractivity contribution in [1.29, 1.82) is 0 Å². The van der Waals surface area contributed by atoms with Crippen molar-refractivity contribution in [1.82, 2.24) is 31.9 Å². The molecule has 5 heterocycles. The summed E-state index contributed by atoms with van der Waals surface area (Å²) in [5.41, 5.74) is 0. The van der Waals surface area contributed by atoms with E-state index in [1.165, 1.54) is 0 Å². The first-order chi connectivity index (χ1) is 35.2. The number of rotatable bonds is 28. The van der Waals surface area contributed by atoms with E-state index in [2.05, 4.69) is 40.3 Å². The zero-order valence-corrected chi connectivity index (χ0v) is 51.8. The molecule has 0 aromatic carbocycles. The average molecular weight is 1210 g/mol. The van der Waals surface area contributed by atoms with Crippen LogP contribution in [0.25, 0.3) is 0 Å². The number of aliphatic carboxylic acids is 1. The number of unbranched alkanes of at least 4 members (excludes halogenated alkanes) is 3. The Kier molecular flexibility index (Phi) is 32.2. The minimum Gasteiger partial charge on any atom is -0.726 e. The number of carboxylic acid groups (broad SMARTS) is 1. The van der Waals surface area contributed by atoms with E-state index >= 15 is 0 Å². The van der Waals surface area contributed by atoms with Crippen LogP contribution in [0.15, 0.2) is 0 Å². The van der Waals surface area contributed by atoms with Gasteiger partial charge in [0.05, 0.1) is 37.9 Å². The van der Waals surface area contributed by atoms with Crippen molar-refractivity contribution in [3.05, 3.63) is 0 Å². The quantitative estimate of drug-likeness (QED) is 0.0114. The molecule has 18 atom stereocenters. The fourth-order valence-electron chi connectivity index (χ4n) is 8.85. The normalized spacial score (nSPS) is 33.5. The standard InChI is InChI=1S/C40H66N6O26S3.3Na/c1-17(47)43-26-30(53)28(51)20(14-66-74(59,60)61)69-38(26)71-34-31(54)32(55)39(72-35(34)36(56)57)70-33-27(44-18(2)48)37(68-21(29(33)52)15-67-75(62,63)64)65-13-12-42-24(50)9-4-3-7-11-41-23(49)10-6-5-8-22-25-19(16-73-22)45-40(58)46-25;;;/h19-22,25-35,37-39,51-55H,3-16H2,1-2H3,(H,41,49)(H,42,50)(H,43,47)(H,44,48)(H,56,57)(H2,45,46,58)(H,59,60,61)(H,62,63,64);;;/q;3*+1/p-3/t19-,20+,21+,22-,25-,26+,27+,28-,29-,30+,31+,32+,33+,34-,35-,37+,38-,39+;;;/m0.../s1. The van der Waals surface area contributed by atoms with Crippen LogP contribution in [0.1, 0.15) is 65.2 Å². The predicted octanol–water partition coefficient (Wildman–Crippen LogP) is -17.0. The molecule has 5 rings (SSSR count). The van der Waals surface area contributed by atoms with Gasteiger partial charge >= 0.3 is 94.7 Å². The Balaban J connectivity index is 0.00000693. The SMILES string of the molecule is CC(=O)N[C@H]1[C@H](O[C@H]2[C@H](O)[C@@H](O)[C@H](O[C@H]3[C@@H](O)[C@@H](COS(=O)(=O)[O-])O[C@@H](OCCNC(=O)CCCCCNC(=O)CCCC[C@@H]4SC[C@@H]5NC(=O)N[C@@H]54)[C@@H]3NC(C)=O)O[C@@H]2C(=O)[O-])O[C@H](COS(=O)(=O)[O-])[C@H](O)[C@@H]1O.[Na+].[Na+].[Na+]. The van der Waals surface area contributed by atoms with E-state index in [0.29, 0.717) is 43.9 Å². The van der Waals surface area contributed by atoms with Crippen molar-refractivity contribution < 1.29 is 211 Å². The third-order valence-electron chi connectivity index (χ3n) is 12.4. The molecular weight excluding hydrogens is 1150 g/mol. The van der Waals surface area contributed by atoms with Crippen LogP contribution >= 0.6 is 11.8 Å². The average Bonchev–Trinajstić information content (AvgIpc) is 3.88. The Labute approximate surface area is 519 Å². The number of thioether (sulfide) groups is 1. The van der Waals surface area contributed by atoms with Crippen molar-refractivity contribution in [2.75, 3.05) is 38.7 Å². The van der Waals surface area contributed by atoms with Gasteiger partial charge in [0.1, 0.15) is 73.1 Å². The molecule has 0 aromatic heterocycles. The smallest absolute Gasteiger partial charge is 0.726 e. The van der Waals surface area contributed by atoms with Crippen molar-refractivity contribution >= 4 is 68.2 Å². The maximum atomic E-state index is 12.6. The third kappa shape index (κ3) is 22.7. The van der Waals surface area contributed by atoms with Crippen molar-refractivity contribution in [2.45, 2.75) is 175 Å². The Hall–Kier alpha value is -0.730. The Bertz CT molecular complexity index is 2210. The van der Waals surface area contributed by atoms with Gasteiger partial charge in [-0.2, -0.15) is 11.8 Å². The van der Waals surface area contributed by atoms with E-state index in [-0.39, 0.29) is 126 Å². The molecule has 6 amide bonds. The van der Waals surface area contributed by atoms with Crippen LogP contribution in [0.4, 0.5) is 4.79 Å². The minimum atomic E-state index is -5.45. The van der Waals surface area contributed by atoms with Crippen molar-refractivity contribution in [2.24, 2.45) is 0 Å². The van der Waals surface area contributed by atoms with E-state index in [1.54, 1.807) is 0 Å². The summed E-state index contributed by atoms with van der Waals surface area (Å²) >= 11 is 1.81. The molecule has 5 aliphatic heterocycles. The van der Waals surface area contributed by atoms with Crippen molar-refractivity contribution in [3.63, 3.8) is 0 Å². The van der Waals surface area contributed by atoms with Gasteiger partial charge in [-0.1, -0.05) is 12.8 Å². The van der Waals surface area contributed by atoms with Crippen LogP contribution in [0.2, 0.25) is 0 Å². The molecule has 5 aliphatic rings. The van der Waals surface area contributed by atoms with Gasteiger partial charge in [-0.05, 0) is 25.7 Å². The van der Waals surface area contributed by atoms with Crippen LogP contribution in [0.5, 0.6) is 0 Å². The number of hydrogen-bond donors (Lipinski definition) is 11. The predicted molar refractivity (Wildman–Crippen MR) is 242 cm³/mol. The van der Waals surface area contributed by atoms with Gasteiger partial charge in [0.15, 0.2) is 18.9 Å². The van der Waals surface area contributed by atoms with Crippen LogP contribution in [0.3, 0.4) is 0 Å². The first kappa shape index (κ1) is 73.4. The Morgan fingerprint density at radius 2 is 1.22 bits per heavy atom. The number of carbonyl (C=O) groups excluding carboxylic acids is 6. The molecule has 32 nitrogen and oxygen atoms in total. The number of nitrogens with one attached hydrogen (secondary N) is 6. The van der Waals surface area contributed by atoms with Gasteiger partial charge in [-0.3, -0.25) is 27.5 Å². The Morgan fingerprint density at radius 1 is 0.667 bits per heavy atom. The first-order valence-electron chi connectivity index (χ1n) is 23.7. The summed E-state index contributed by atoms with van der Waals surface area (Å²) in [4.78, 5) is 73.6. The molecule has 38 heteroatoms. The van der Waals surface area contributed by atoms with Gasteiger partial charge in [0.2, 0.25) is 44.4 Å². The molecule has 0 bridgehead atoms. The summed E-state index contributed by atoms with van der Waals surface area (Å²) < 4.78 is 109. The number of amides is 6. The molecule has 5 saturated heterocycles. The molecule has 0 aliphatic carbocycles. The minimum absolute atomic E-state index is 0. The second kappa shape index (κ2) is 34.3. The van der Waals surface area contributed by atoms with E-state index in [9.17, 15) is 85.3 Å². The summed E-state index contributed by atoms with van der Waals surface area (Å²) in [6, 6.07) is -3.41. The molecule has 11 N–H and O–H groups in total. The fourth-order valence-corrected chi connectivity index (χ4v) is 11.0. The molecule has 0 aromatic rings. The second-order valence-electron chi connectivity index (χ2n) is 18.1. The molecule has 0 spiro atoms. The summed E-state index contributed by atoms with van der Waals surface area (Å²) in [5, 5.41) is 84.0.